The summed E-state index contributed by atoms with van der Waals surface area (Å²) in [6, 6.07) is 5.55. The van der Waals surface area contributed by atoms with Gasteiger partial charge in [0, 0.05) is 30.4 Å². The molecule has 3 aromatic heterocycles. The van der Waals surface area contributed by atoms with Crippen LogP contribution in [0.3, 0.4) is 0 Å². The minimum atomic E-state index is -0.581. The first-order valence-corrected chi connectivity index (χ1v) is 11.4. The molecule has 1 amide bonds. The summed E-state index contributed by atoms with van der Waals surface area (Å²) >= 11 is 0. The molecule has 0 radical (unpaired) electrons. The number of amides is 1. The fourth-order valence-electron chi connectivity index (χ4n) is 4.86. The van der Waals surface area contributed by atoms with Crippen molar-refractivity contribution >= 4 is 29.2 Å². The number of fused-ring (bicyclic) bond motifs is 2. The van der Waals surface area contributed by atoms with E-state index in [0.29, 0.717) is 34.5 Å². The summed E-state index contributed by atoms with van der Waals surface area (Å²) in [5.74, 6) is 1.87. The number of aryl methyl sites for hydroxylation is 1. The predicted octanol–water partition coefficient (Wildman–Crippen LogP) is 3.59. The van der Waals surface area contributed by atoms with Gasteiger partial charge >= 0.3 is 0 Å². The lowest BCUT2D eigenvalue weighted by atomic mass is 9.79. The van der Waals surface area contributed by atoms with Crippen molar-refractivity contribution in [2.45, 2.75) is 64.5 Å². The number of pyridine rings is 1. The zero-order chi connectivity index (χ0) is 23.2. The topological polar surface area (TPSA) is 124 Å². The Balaban J connectivity index is 1.44. The first kappa shape index (κ1) is 21.2. The lowest BCUT2D eigenvalue weighted by molar-refractivity contribution is -0.603. The fourth-order valence-corrected chi connectivity index (χ4v) is 4.86. The Morgan fingerprint density at radius 3 is 2.55 bits per heavy atom. The minimum Gasteiger partial charge on any atom is -0.710 e. The summed E-state index contributed by atoms with van der Waals surface area (Å²) in [6.07, 6.45) is 7.98. The maximum atomic E-state index is 13.5. The second-order valence-corrected chi connectivity index (χ2v) is 9.14. The van der Waals surface area contributed by atoms with E-state index in [1.807, 2.05) is 23.9 Å². The van der Waals surface area contributed by atoms with Gasteiger partial charge in [0.25, 0.3) is 11.7 Å². The maximum absolute atomic E-state index is 13.5. The van der Waals surface area contributed by atoms with Gasteiger partial charge in [-0.2, -0.15) is 10.1 Å². The molecule has 0 atom stereocenters. The van der Waals surface area contributed by atoms with Crippen LogP contribution in [0.5, 0.6) is 0 Å². The molecule has 3 aromatic rings. The number of nitrogens with zero attached hydrogens (tertiary/aromatic N) is 5. The van der Waals surface area contributed by atoms with E-state index in [-0.39, 0.29) is 11.9 Å². The van der Waals surface area contributed by atoms with Crippen molar-refractivity contribution in [1.29, 1.82) is 0 Å². The number of carbonyl (C=O) groups is 1. The molecule has 1 aliphatic carbocycles. The van der Waals surface area contributed by atoms with Crippen LogP contribution < -0.4 is 20.7 Å². The van der Waals surface area contributed by atoms with Crippen molar-refractivity contribution in [1.82, 2.24) is 25.1 Å². The van der Waals surface area contributed by atoms with Crippen LogP contribution in [0.2, 0.25) is 0 Å². The summed E-state index contributed by atoms with van der Waals surface area (Å²) in [7, 11) is 0. The number of carbonyl (C=O) groups excluding carboxylic acids is 1. The van der Waals surface area contributed by atoms with Gasteiger partial charge in [-0.3, -0.25) is 9.48 Å². The third-order valence-corrected chi connectivity index (χ3v) is 6.46. The van der Waals surface area contributed by atoms with Gasteiger partial charge < -0.3 is 15.8 Å². The first-order valence-electron chi connectivity index (χ1n) is 11.4. The van der Waals surface area contributed by atoms with Gasteiger partial charge in [-0.15, -0.1) is 0 Å². The summed E-state index contributed by atoms with van der Waals surface area (Å²) in [5, 5.41) is 27.3. The van der Waals surface area contributed by atoms with E-state index in [0.717, 1.165) is 42.4 Å². The lowest BCUT2D eigenvalue weighted by Gasteiger charge is -2.34. The molecule has 10 heteroatoms. The minimum absolute atomic E-state index is 0.157. The smallest absolute Gasteiger partial charge is 0.284 e. The summed E-state index contributed by atoms with van der Waals surface area (Å²) in [4.78, 5) is 21.2. The quantitative estimate of drug-likeness (QED) is 0.402. The molecule has 33 heavy (non-hydrogen) atoms. The molecule has 0 aromatic carbocycles. The van der Waals surface area contributed by atoms with Crippen molar-refractivity contribution in [3.63, 3.8) is 0 Å². The van der Waals surface area contributed by atoms with E-state index in [1.54, 1.807) is 12.1 Å². The number of anilines is 4. The van der Waals surface area contributed by atoms with Gasteiger partial charge in [-0.25, -0.2) is 15.0 Å². The van der Waals surface area contributed by atoms with Crippen LogP contribution in [0.4, 0.5) is 23.3 Å². The van der Waals surface area contributed by atoms with Gasteiger partial charge in [0.15, 0.2) is 5.82 Å². The van der Waals surface area contributed by atoms with E-state index in [9.17, 15) is 10.0 Å². The largest absolute Gasteiger partial charge is 0.710 e. The number of rotatable bonds is 5. The average molecular weight is 449 g/mol. The highest BCUT2D eigenvalue weighted by molar-refractivity contribution is 6.00. The van der Waals surface area contributed by atoms with E-state index >= 15 is 0 Å². The van der Waals surface area contributed by atoms with Crippen molar-refractivity contribution in [3.8, 4) is 0 Å². The van der Waals surface area contributed by atoms with E-state index in [4.69, 9.17) is 0 Å². The highest BCUT2D eigenvalue weighted by Crippen LogP contribution is 2.42. The molecule has 0 bridgehead atoms. The Morgan fingerprint density at radius 1 is 1.12 bits per heavy atom. The van der Waals surface area contributed by atoms with Crippen molar-refractivity contribution in [3.05, 3.63) is 52.8 Å². The Bertz CT molecular complexity index is 1210. The first-order chi connectivity index (χ1) is 15.9. The molecule has 2 aliphatic rings. The van der Waals surface area contributed by atoms with Crippen LogP contribution >= 0.6 is 0 Å². The van der Waals surface area contributed by atoms with Crippen molar-refractivity contribution in [2.75, 3.05) is 10.6 Å². The lowest BCUT2D eigenvalue weighted by Crippen LogP contribution is -2.49. The molecule has 4 heterocycles. The van der Waals surface area contributed by atoms with Gasteiger partial charge in [0.05, 0.1) is 5.56 Å². The van der Waals surface area contributed by atoms with Crippen LogP contribution in [0.25, 0.3) is 0 Å². The molecule has 1 saturated carbocycles. The van der Waals surface area contributed by atoms with Gasteiger partial charge in [0.2, 0.25) is 5.82 Å². The van der Waals surface area contributed by atoms with E-state index in [1.165, 1.54) is 6.33 Å². The third kappa shape index (κ3) is 3.75. The van der Waals surface area contributed by atoms with E-state index < -0.39 is 5.54 Å². The molecule has 1 aliphatic heterocycles. The standard InChI is InChI=1S/C23H28N8O2/c1-14(2)30-10-7-16(29-30)26-17-12-18(25-13-24-17)27-19-11-15(3)20-21(31(19)33)23(28-22(20)32)8-5-4-6-9-23/h7,10-14H,4-6,8-9H2,1-3H3,(H,28,32)(H2,24,25,26,27,29). The summed E-state index contributed by atoms with van der Waals surface area (Å²) < 4.78 is 2.72. The molecular weight excluding hydrogens is 420 g/mol. The maximum Gasteiger partial charge on any atom is 0.284 e. The second kappa shape index (κ2) is 8.02. The molecule has 1 fully saturated rings. The Hall–Kier alpha value is -3.69. The van der Waals surface area contributed by atoms with Crippen molar-refractivity contribution in [2.24, 2.45) is 0 Å². The summed E-state index contributed by atoms with van der Waals surface area (Å²) in [5.41, 5.74) is 1.22. The normalized spacial score (nSPS) is 16.7. The average Bonchev–Trinajstić information content (AvgIpc) is 3.35. The van der Waals surface area contributed by atoms with Gasteiger partial charge in [-0.05, 0) is 39.2 Å². The fraction of sp³-hybridized carbons (Fsp3) is 0.435. The predicted molar refractivity (Wildman–Crippen MR) is 124 cm³/mol. The SMILES string of the molecule is Cc1cc(Nc2cc(Nc3ccn(C(C)C)n3)ncn2)[n+]([O-])c2c1C(=O)NC21CCCCC1. The van der Waals surface area contributed by atoms with Gasteiger partial charge in [0.1, 0.15) is 23.4 Å². The molecule has 0 saturated heterocycles. The van der Waals surface area contributed by atoms with Gasteiger partial charge in [-0.1, -0.05) is 19.3 Å². The van der Waals surface area contributed by atoms with Crippen LogP contribution in [0.1, 0.15) is 73.6 Å². The Labute approximate surface area is 192 Å². The van der Waals surface area contributed by atoms with Crippen LogP contribution in [-0.2, 0) is 5.54 Å². The number of hydrogen-bond acceptors (Lipinski definition) is 7. The molecule has 172 valence electrons. The Kier molecular flexibility index (Phi) is 5.15. The zero-order valence-electron chi connectivity index (χ0n) is 19.1. The van der Waals surface area contributed by atoms with Crippen molar-refractivity contribution < 1.29 is 9.52 Å². The Morgan fingerprint density at radius 2 is 1.85 bits per heavy atom. The molecular formula is C23H28N8O2. The number of nitrogens with one attached hydrogen (secondary N) is 3. The van der Waals surface area contributed by atoms with E-state index in [2.05, 4.69) is 44.9 Å². The molecule has 0 unspecified atom stereocenters. The highest BCUT2D eigenvalue weighted by Gasteiger charge is 2.48. The monoisotopic (exact) mass is 448 g/mol. The van der Waals surface area contributed by atoms with Crippen LogP contribution in [0, 0.1) is 12.1 Å². The molecule has 5 rings (SSSR count). The molecule has 10 nitrogen and oxygen atoms in total. The third-order valence-electron chi connectivity index (χ3n) is 6.46. The molecule has 3 N–H and O–H groups in total. The zero-order valence-corrected chi connectivity index (χ0v) is 19.1. The second-order valence-electron chi connectivity index (χ2n) is 9.14. The summed E-state index contributed by atoms with van der Waals surface area (Å²) in [6.45, 7) is 5.98. The molecule has 1 spiro atoms. The number of hydrogen-bond donors (Lipinski definition) is 3. The number of aromatic nitrogens is 5. The van der Waals surface area contributed by atoms with Crippen LogP contribution in [-0.4, -0.2) is 25.7 Å². The highest BCUT2D eigenvalue weighted by atomic mass is 16.5. The van der Waals surface area contributed by atoms with Crippen LogP contribution in [0.15, 0.2) is 30.7 Å².